The topological polar surface area (TPSA) is 107 Å². The van der Waals surface area contributed by atoms with E-state index in [2.05, 4.69) is 15.5 Å². The number of aryl methyl sites for hydroxylation is 1. The zero-order chi connectivity index (χ0) is 17.5. The molecule has 3 N–H and O–H groups in total. The molecule has 24 heavy (non-hydrogen) atoms. The number of carbonyl (C=O) groups excluding carboxylic acids is 2. The summed E-state index contributed by atoms with van der Waals surface area (Å²) in [4.78, 5) is 27.1. The molecule has 0 atom stereocenters. The van der Waals surface area contributed by atoms with Crippen molar-refractivity contribution in [2.45, 2.75) is 13.8 Å². The minimum absolute atomic E-state index is 0.300. The molecular weight excluding hydrogens is 308 g/mol. The van der Waals surface area contributed by atoms with Gasteiger partial charge < -0.3 is 10.5 Å². The van der Waals surface area contributed by atoms with Gasteiger partial charge in [-0.3, -0.25) is 4.98 Å². The summed E-state index contributed by atoms with van der Waals surface area (Å²) >= 11 is 0. The monoisotopic (exact) mass is 326 g/mol. The van der Waals surface area contributed by atoms with Crippen molar-refractivity contribution in [2.24, 2.45) is 10.8 Å². The number of nitrogens with two attached hydrogens (primary N) is 1. The summed E-state index contributed by atoms with van der Waals surface area (Å²) < 4.78 is 5.12. The van der Waals surface area contributed by atoms with E-state index in [0.29, 0.717) is 17.9 Å². The molecule has 0 saturated carbocycles. The number of hydrogen-bond donors (Lipinski definition) is 2. The SMILES string of the molecule is CCOC(=O)c1c(C)ccnc1-c1ccc(C=NNC(N)=O)cc1. The number of urea groups is 1. The molecule has 7 nitrogen and oxygen atoms in total. The molecule has 1 heterocycles. The van der Waals surface area contributed by atoms with Crippen LogP contribution in [0.25, 0.3) is 11.3 Å². The van der Waals surface area contributed by atoms with E-state index in [1.807, 2.05) is 19.1 Å². The Hall–Kier alpha value is -3.22. The number of ether oxygens (including phenoxy) is 1. The number of amides is 2. The second-order valence-electron chi connectivity index (χ2n) is 4.93. The lowest BCUT2D eigenvalue weighted by Gasteiger charge is -2.11. The standard InChI is InChI=1S/C17H18N4O3/c1-3-24-16(22)14-11(2)8-9-19-15(14)13-6-4-12(5-7-13)10-20-21-17(18)23/h4-10H,3H2,1-2H3,(H3,18,21,23). The second kappa shape index (κ2) is 7.87. The van der Waals surface area contributed by atoms with Crippen LogP contribution in [0, 0.1) is 6.92 Å². The number of aromatic nitrogens is 1. The Morgan fingerprint density at radius 1 is 1.29 bits per heavy atom. The molecule has 0 aliphatic heterocycles. The van der Waals surface area contributed by atoms with Gasteiger partial charge in [0.15, 0.2) is 0 Å². The molecule has 0 aliphatic carbocycles. The van der Waals surface area contributed by atoms with E-state index < -0.39 is 12.0 Å². The Bertz CT molecular complexity index is 770. The molecule has 2 aromatic rings. The van der Waals surface area contributed by atoms with Crippen LogP contribution >= 0.6 is 0 Å². The first-order valence-electron chi connectivity index (χ1n) is 7.34. The van der Waals surface area contributed by atoms with Gasteiger partial charge >= 0.3 is 12.0 Å². The molecule has 0 unspecified atom stereocenters. The normalized spacial score (nSPS) is 10.6. The van der Waals surface area contributed by atoms with Crippen molar-refractivity contribution in [1.29, 1.82) is 0 Å². The summed E-state index contributed by atoms with van der Waals surface area (Å²) in [7, 11) is 0. The maximum Gasteiger partial charge on any atom is 0.340 e. The lowest BCUT2D eigenvalue weighted by atomic mass is 10.0. The molecule has 1 aromatic carbocycles. The van der Waals surface area contributed by atoms with E-state index in [-0.39, 0.29) is 0 Å². The molecule has 0 saturated heterocycles. The Balaban J connectivity index is 2.32. The summed E-state index contributed by atoms with van der Waals surface area (Å²) in [5.41, 5.74) is 10.4. The molecule has 0 fully saturated rings. The molecule has 0 bridgehead atoms. The summed E-state index contributed by atoms with van der Waals surface area (Å²) in [6.45, 7) is 3.90. The van der Waals surface area contributed by atoms with Crippen molar-refractivity contribution < 1.29 is 14.3 Å². The number of hydrazone groups is 1. The Morgan fingerprint density at radius 2 is 2.00 bits per heavy atom. The predicted molar refractivity (Wildman–Crippen MR) is 90.7 cm³/mol. The number of esters is 1. The first kappa shape index (κ1) is 17.1. The highest BCUT2D eigenvalue weighted by molar-refractivity contribution is 5.97. The molecule has 7 heteroatoms. The van der Waals surface area contributed by atoms with Crippen LogP contribution in [0.15, 0.2) is 41.6 Å². The Labute approximate surface area is 139 Å². The third-order valence-corrected chi connectivity index (χ3v) is 3.21. The van der Waals surface area contributed by atoms with Crippen LogP contribution in [-0.2, 0) is 4.74 Å². The first-order valence-corrected chi connectivity index (χ1v) is 7.34. The van der Waals surface area contributed by atoms with Crippen molar-refractivity contribution in [2.75, 3.05) is 6.61 Å². The van der Waals surface area contributed by atoms with Crippen molar-refractivity contribution in [3.63, 3.8) is 0 Å². The molecule has 124 valence electrons. The van der Waals surface area contributed by atoms with Crippen LogP contribution in [0.4, 0.5) is 4.79 Å². The highest BCUT2D eigenvalue weighted by atomic mass is 16.5. The highest BCUT2D eigenvalue weighted by Crippen LogP contribution is 2.24. The fourth-order valence-corrected chi connectivity index (χ4v) is 2.14. The molecule has 0 spiro atoms. The van der Waals surface area contributed by atoms with Crippen molar-refractivity contribution >= 4 is 18.2 Å². The zero-order valence-corrected chi connectivity index (χ0v) is 13.4. The van der Waals surface area contributed by atoms with E-state index >= 15 is 0 Å². The minimum Gasteiger partial charge on any atom is -0.462 e. The maximum absolute atomic E-state index is 12.2. The van der Waals surface area contributed by atoms with E-state index in [4.69, 9.17) is 10.5 Å². The van der Waals surface area contributed by atoms with E-state index in [1.54, 1.807) is 31.3 Å². The smallest absolute Gasteiger partial charge is 0.340 e. The van der Waals surface area contributed by atoms with Crippen LogP contribution in [0.1, 0.15) is 28.4 Å². The number of benzene rings is 1. The summed E-state index contributed by atoms with van der Waals surface area (Å²) in [6, 6.07) is 8.25. The van der Waals surface area contributed by atoms with Gasteiger partial charge in [0.1, 0.15) is 0 Å². The molecule has 0 aliphatic rings. The average molecular weight is 326 g/mol. The number of pyridine rings is 1. The van der Waals surface area contributed by atoms with Crippen LogP contribution in [0.2, 0.25) is 0 Å². The van der Waals surface area contributed by atoms with Crippen LogP contribution in [-0.4, -0.2) is 29.8 Å². The molecule has 2 amide bonds. The molecular formula is C17H18N4O3. The maximum atomic E-state index is 12.2. The quantitative estimate of drug-likeness (QED) is 0.499. The number of rotatable bonds is 5. The van der Waals surface area contributed by atoms with Gasteiger partial charge in [-0.2, -0.15) is 5.10 Å². The number of primary amides is 1. The van der Waals surface area contributed by atoms with E-state index in [9.17, 15) is 9.59 Å². The summed E-state index contributed by atoms with van der Waals surface area (Å²) in [5, 5.41) is 3.69. The number of carbonyl (C=O) groups is 2. The highest BCUT2D eigenvalue weighted by Gasteiger charge is 2.17. The number of nitrogens with one attached hydrogen (secondary N) is 1. The molecule has 2 rings (SSSR count). The first-order chi connectivity index (χ1) is 11.5. The minimum atomic E-state index is -0.731. The van der Waals surface area contributed by atoms with Gasteiger partial charge in [-0.1, -0.05) is 24.3 Å². The van der Waals surface area contributed by atoms with Gasteiger partial charge in [0, 0.05) is 11.8 Å². The lowest BCUT2D eigenvalue weighted by Crippen LogP contribution is -2.24. The van der Waals surface area contributed by atoms with Gasteiger partial charge in [-0.25, -0.2) is 15.0 Å². The molecule has 0 radical (unpaired) electrons. The fourth-order valence-electron chi connectivity index (χ4n) is 2.14. The van der Waals surface area contributed by atoms with Crippen LogP contribution < -0.4 is 11.2 Å². The largest absolute Gasteiger partial charge is 0.462 e. The number of hydrogen-bond acceptors (Lipinski definition) is 5. The number of nitrogens with zero attached hydrogens (tertiary/aromatic N) is 2. The Kier molecular flexibility index (Phi) is 5.62. The van der Waals surface area contributed by atoms with Gasteiger partial charge in [0.2, 0.25) is 0 Å². The van der Waals surface area contributed by atoms with Crippen LogP contribution in [0.5, 0.6) is 0 Å². The summed E-state index contributed by atoms with van der Waals surface area (Å²) in [6.07, 6.45) is 3.12. The zero-order valence-electron chi connectivity index (χ0n) is 13.4. The van der Waals surface area contributed by atoms with Gasteiger partial charge in [0.05, 0.1) is 24.1 Å². The van der Waals surface area contributed by atoms with Crippen molar-refractivity contribution in [3.05, 3.63) is 53.2 Å². The van der Waals surface area contributed by atoms with Gasteiger partial charge in [-0.15, -0.1) is 0 Å². The van der Waals surface area contributed by atoms with Gasteiger partial charge in [0.25, 0.3) is 0 Å². The Morgan fingerprint density at radius 3 is 2.62 bits per heavy atom. The second-order valence-corrected chi connectivity index (χ2v) is 4.93. The summed E-state index contributed by atoms with van der Waals surface area (Å²) in [5.74, 6) is -0.394. The lowest BCUT2D eigenvalue weighted by molar-refractivity contribution is 0.0526. The van der Waals surface area contributed by atoms with Crippen LogP contribution in [0.3, 0.4) is 0 Å². The fraction of sp³-hybridized carbons (Fsp3) is 0.176. The van der Waals surface area contributed by atoms with Crippen molar-refractivity contribution in [1.82, 2.24) is 10.4 Å². The average Bonchev–Trinajstić information content (AvgIpc) is 2.55. The van der Waals surface area contributed by atoms with Gasteiger partial charge in [-0.05, 0) is 31.0 Å². The third kappa shape index (κ3) is 4.16. The molecule has 1 aromatic heterocycles. The third-order valence-electron chi connectivity index (χ3n) is 3.21. The van der Waals surface area contributed by atoms with Crippen molar-refractivity contribution in [3.8, 4) is 11.3 Å². The van der Waals surface area contributed by atoms with E-state index in [1.165, 1.54) is 6.21 Å². The van der Waals surface area contributed by atoms with E-state index in [0.717, 1.165) is 16.7 Å². The predicted octanol–water partition coefficient (Wildman–Crippen LogP) is 2.24.